The van der Waals surface area contributed by atoms with E-state index in [1.807, 2.05) is 6.07 Å². The average Bonchev–Trinajstić information content (AvgIpc) is 3.63. The number of rotatable bonds is 14. The molecular formula is C35H33F3N4O8S. The van der Waals surface area contributed by atoms with Crippen LogP contribution in [0.15, 0.2) is 67.3 Å². The van der Waals surface area contributed by atoms with Crippen molar-refractivity contribution in [1.29, 1.82) is 5.26 Å². The number of carbonyl (C=O) groups excluding carboxylic acids is 2. The molecule has 0 radical (unpaired) electrons. The Morgan fingerprint density at radius 1 is 1.18 bits per heavy atom. The van der Waals surface area contributed by atoms with Crippen LogP contribution in [0.4, 0.5) is 13.2 Å². The summed E-state index contributed by atoms with van der Waals surface area (Å²) < 4.78 is 68.1. The van der Waals surface area contributed by atoms with Gasteiger partial charge in [0.05, 0.1) is 43.2 Å². The second kappa shape index (κ2) is 15.9. The van der Waals surface area contributed by atoms with E-state index in [4.69, 9.17) is 24.2 Å². The number of aromatic nitrogens is 3. The van der Waals surface area contributed by atoms with Gasteiger partial charge in [0.1, 0.15) is 30.1 Å². The lowest BCUT2D eigenvalue weighted by Crippen LogP contribution is -2.49. The number of ether oxygens (including phenoxy) is 4. The zero-order chi connectivity index (χ0) is 36.8. The Hall–Kier alpha value is -4.98. The summed E-state index contributed by atoms with van der Waals surface area (Å²) in [5.74, 6) is -6.68. The van der Waals surface area contributed by atoms with Crippen molar-refractivity contribution in [1.82, 2.24) is 14.8 Å². The van der Waals surface area contributed by atoms with E-state index in [1.165, 1.54) is 47.3 Å². The first-order valence-electron chi connectivity index (χ1n) is 15.7. The minimum Gasteiger partial charge on any atom is -0.480 e. The minimum absolute atomic E-state index is 0.140. The van der Waals surface area contributed by atoms with Crippen molar-refractivity contribution >= 4 is 35.7 Å². The Labute approximate surface area is 294 Å². The van der Waals surface area contributed by atoms with Gasteiger partial charge in [0, 0.05) is 35.3 Å². The van der Waals surface area contributed by atoms with E-state index in [-0.39, 0.29) is 49.5 Å². The smallest absolute Gasteiger partial charge is 0.324 e. The van der Waals surface area contributed by atoms with E-state index in [9.17, 15) is 28.3 Å². The molecule has 12 nitrogen and oxygen atoms in total. The Bertz CT molecular complexity index is 1860. The lowest BCUT2D eigenvalue weighted by Gasteiger charge is -2.41. The number of hydrogen-bond acceptors (Lipinski definition) is 11. The van der Waals surface area contributed by atoms with Crippen LogP contribution >= 0.6 is 11.8 Å². The molecule has 3 aromatic rings. The maximum absolute atomic E-state index is 15.7. The van der Waals surface area contributed by atoms with Gasteiger partial charge in [-0.15, -0.1) is 11.8 Å². The summed E-state index contributed by atoms with van der Waals surface area (Å²) in [7, 11) is 0. The van der Waals surface area contributed by atoms with Gasteiger partial charge >= 0.3 is 17.9 Å². The molecule has 16 heteroatoms. The third-order valence-corrected chi connectivity index (χ3v) is 10.0. The lowest BCUT2D eigenvalue weighted by atomic mass is 9.88. The Morgan fingerprint density at radius 3 is 2.57 bits per heavy atom. The number of benzene rings is 2. The van der Waals surface area contributed by atoms with Gasteiger partial charge in [0.15, 0.2) is 17.3 Å². The average molecular weight is 727 g/mol. The molecule has 1 aromatic heterocycles. The molecule has 0 spiro atoms. The van der Waals surface area contributed by atoms with Gasteiger partial charge in [-0.2, -0.15) is 10.4 Å². The fourth-order valence-electron chi connectivity index (χ4n) is 5.73. The number of carboxylic acid groups (broad SMARTS) is 1. The van der Waals surface area contributed by atoms with Gasteiger partial charge in [-0.05, 0) is 43.7 Å². The molecule has 0 amide bonds. The number of hydrogen-bond donors (Lipinski definition) is 1. The topological polar surface area (TPSA) is 163 Å². The second-order valence-corrected chi connectivity index (χ2v) is 13.6. The van der Waals surface area contributed by atoms with Crippen molar-refractivity contribution in [3.05, 3.63) is 101 Å². The van der Waals surface area contributed by atoms with Crippen molar-refractivity contribution in [3.8, 4) is 6.07 Å². The molecule has 2 aliphatic rings. The first-order valence-corrected chi connectivity index (χ1v) is 16.6. The molecule has 1 aliphatic heterocycles. The SMILES string of the molecule is CC(=O)OCC1CC1(C(=O)O)C(=O)O[C@@](Cn1cncn1)(c1ccc(F)cc1F)[C@@H](C)S[C@H]1CO[C@H](/C=C/C=C/c2ccc(C#N)cc2F)OC1. The maximum Gasteiger partial charge on any atom is 0.324 e. The molecule has 1 aliphatic carbocycles. The van der Waals surface area contributed by atoms with Crippen LogP contribution < -0.4 is 0 Å². The molecule has 268 valence electrons. The molecule has 1 saturated carbocycles. The fraction of sp³-hybridized carbons (Fsp3) is 0.371. The van der Waals surface area contributed by atoms with Crippen LogP contribution in [-0.2, 0) is 45.5 Å². The summed E-state index contributed by atoms with van der Waals surface area (Å²) in [4.78, 5) is 41.8. The van der Waals surface area contributed by atoms with Crippen LogP contribution in [0, 0.1) is 40.1 Å². The van der Waals surface area contributed by atoms with Gasteiger partial charge in [-0.3, -0.25) is 14.4 Å². The third kappa shape index (κ3) is 8.50. The van der Waals surface area contributed by atoms with Crippen molar-refractivity contribution in [2.75, 3.05) is 19.8 Å². The quantitative estimate of drug-likeness (QED) is 0.138. The standard InChI is InChI=1S/C35H33F3N4O8S/c1-21(51-27-16-48-31(49-17-27)6-4-3-5-24-8-7-23(14-39)11-29(24)37)35(18-42-20-40-19-41-42,28-10-9-26(36)12-30(28)38)50-33(46)34(32(44)45)13-25(34)15-47-22(2)43/h3-12,19-21,25,27,31H,13,15-18H2,1-2H3,(H,44,45)/b5-3+,6-4+/t21-,25?,27-,31-,34?,35-/m1/s1. The summed E-state index contributed by atoms with van der Waals surface area (Å²) in [6.07, 6.45) is 7.93. The molecule has 4 atom stereocenters. The largest absolute Gasteiger partial charge is 0.480 e. The predicted molar refractivity (Wildman–Crippen MR) is 175 cm³/mol. The van der Waals surface area contributed by atoms with E-state index in [1.54, 1.807) is 25.2 Å². The second-order valence-electron chi connectivity index (χ2n) is 12.0. The highest BCUT2D eigenvalue weighted by Crippen LogP contribution is 2.56. The van der Waals surface area contributed by atoms with E-state index in [0.29, 0.717) is 6.07 Å². The molecule has 1 N–H and O–H groups in total. The van der Waals surface area contributed by atoms with Crippen molar-refractivity contribution in [2.24, 2.45) is 11.3 Å². The summed E-state index contributed by atoms with van der Waals surface area (Å²) in [5, 5.41) is 21.9. The van der Waals surface area contributed by atoms with Gasteiger partial charge in [0.25, 0.3) is 0 Å². The summed E-state index contributed by atoms with van der Waals surface area (Å²) >= 11 is 1.22. The van der Waals surface area contributed by atoms with Crippen LogP contribution in [0.5, 0.6) is 0 Å². The molecule has 2 unspecified atom stereocenters. The van der Waals surface area contributed by atoms with Crippen LogP contribution in [0.2, 0.25) is 0 Å². The summed E-state index contributed by atoms with van der Waals surface area (Å²) in [6, 6.07) is 8.77. The molecule has 2 heterocycles. The van der Waals surface area contributed by atoms with E-state index >= 15 is 4.39 Å². The third-order valence-electron chi connectivity index (χ3n) is 8.59. The molecular weight excluding hydrogens is 693 g/mol. The monoisotopic (exact) mass is 726 g/mol. The molecule has 1 saturated heterocycles. The molecule has 5 rings (SSSR count). The lowest BCUT2D eigenvalue weighted by molar-refractivity contribution is -0.178. The van der Waals surface area contributed by atoms with Crippen molar-refractivity contribution in [3.63, 3.8) is 0 Å². The number of nitriles is 1. The number of esters is 2. The van der Waals surface area contributed by atoms with Crippen LogP contribution in [0.25, 0.3) is 6.08 Å². The predicted octanol–water partition coefficient (Wildman–Crippen LogP) is 4.79. The van der Waals surface area contributed by atoms with E-state index in [0.717, 1.165) is 25.1 Å². The number of thioether (sulfide) groups is 1. The summed E-state index contributed by atoms with van der Waals surface area (Å²) in [6.45, 7) is 2.41. The van der Waals surface area contributed by atoms with Crippen LogP contribution in [0.3, 0.4) is 0 Å². The van der Waals surface area contributed by atoms with Gasteiger partial charge in [0.2, 0.25) is 0 Å². The highest BCUT2D eigenvalue weighted by Gasteiger charge is 2.69. The number of aliphatic carboxylic acids is 1. The normalized spacial score (nSPS) is 23.3. The van der Waals surface area contributed by atoms with Crippen LogP contribution in [-0.4, -0.2) is 74.4 Å². The van der Waals surface area contributed by atoms with Crippen molar-refractivity contribution in [2.45, 2.75) is 49.2 Å². The van der Waals surface area contributed by atoms with Crippen LogP contribution in [0.1, 0.15) is 37.0 Å². The Kier molecular flexibility index (Phi) is 11.6. The van der Waals surface area contributed by atoms with E-state index < -0.39 is 69.1 Å². The first-order chi connectivity index (χ1) is 24.4. The maximum atomic E-state index is 15.7. The zero-order valence-electron chi connectivity index (χ0n) is 27.4. The van der Waals surface area contributed by atoms with Crippen molar-refractivity contribution < 1.29 is 51.6 Å². The number of nitrogens with zero attached hydrogens (tertiary/aromatic N) is 4. The number of allylic oxidation sites excluding steroid dienone is 2. The van der Waals surface area contributed by atoms with Gasteiger partial charge in [-0.1, -0.05) is 24.3 Å². The first kappa shape index (κ1) is 37.3. The molecule has 2 fully saturated rings. The minimum atomic E-state index is -2.07. The van der Waals surface area contributed by atoms with Gasteiger partial charge in [-0.25, -0.2) is 22.8 Å². The summed E-state index contributed by atoms with van der Waals surface area (Å²) in [5.41, 5.74) is -3.76. The molecule has 0 bridgehead atoms. The number of carbonyl (C=O) groups is 3. The molecule has 2 aromatic carbocycles. The highest BCUT2D eigenvalue weighted by molar-refractivity contribution is 8.00. The Morgan fingerprint density at radius 2 is 1.94 bits per heavy atom. The fourth-order valence-corrected chi connectivity index (χ4v) is 7.09. The number of halogens is 3. The Balaban J connectivity index is 1.36. The van der Waals surface area contributed by atoms with Gasteiger partial charge < -0.3 is 24.1 Å². The number of carboxylic acids is 1. The zero-order valence-corrected chi connectivity index (χ0v) is 28.2. The van der Waals surface area contributed by atoms with E-state index in [2.05, 4.69) is 10.1 Å². The molecule has 51 heavy (non-hydrogen) atoms. The highest BCUT2D eigenvalue weighted by atomic mass is 32.2.